The molecule has 1 heterocycles. The number of carbonyl (C=O) groups is 1. The van der Waals surface area contributed by atoms with E-state index >= 15 is 0 Å². The van der Waals surface area contributed by atoms with Gasteiger partial charge in [0, 0.05) is 18.2 Å². The summed E-state index contributed by atoms with van der Waals surface area (Å²) in [6.07, 6.45) is 4.45. The molecule has 0 unspecified atom stereocenters. The van der Waals surface area contributed by atoms with Crippen molar-refractivity contribution in [1.29, 1.82) is 0 Å². The van der Waals surface area contributed by atoms with Gasteiger partial charge in [-0.3, -0.25) is 9.78 Å². The lowest BCUT2D eigenvalue weighted by Crippen LogP contribution is -2.03. The number of Topliss-reactive ketones (excluding diaryl/α,β-unsaturated/α-hetero) is 1. The Morgan fingerprint density at radius 2 is 2.00 bits per heavy atom. The van der Waals surface area contributed by atoms with Crippen LogP contribution in [0.15, 0.2) is 48.8 Å². The Kier molecular flexibility index (Phi) is 4.67. The molecule has 0 saturated carbocycles. The van der Waals surface area contributed by atoms with Gasteiger partial charge in [0.2, 0.25) is 0 Å². The highest BCUT2D eigenvalue weighted by Crippen LogP contribution is 2.14. The van der Waals surface area contributed by atoms with E-state index in [2.05, 4.69) is 4.98 Å². The summed E-state index contributed by atoms with van der Waals surface area (Å²) in [6, 6.07) is 11.8. The summed E-state index contributed by atoms with van der Waals surface area (Å²) in [5.74, 6) is 0.742. The van der Waals surface area contributed by atoms with Gasteiger partial charge in [-0.25, -0.2) is 0 Å². The Morgan fingerprint density at radius 1 is 1.21 bits per heavy atom. The molecule has 98 valence electrons. The van der Waals surface area contributed by atoms with Gasteiger partial charge < -0.3 is 4.74 Å². The maximum absolute atomic E-state index is 12.1. The minimum atomic E-state index is 0.0953. The minimum Gasteiger partial charge on any atom is -0.492 e. The van der Waals surface area contributed by atoms with Gasteiger partial charge in [-0.05, 0) is 25.0 Å². The Labute approximate surface area is 113 Å². The van der Waals surface area contributed by atoms with Gasteiger partial charge in [0.25, 0.3) is 0 Å². The molecule has 0 aliphatic rings. The molecule has 2 aromatic rings. The lowest BCUT2D eigenvalue weighted by Gasteiger charge is -2.05. The van der Waals surface area contributed by atoms with Crippen LogP contribution in [-0.4, -0.2) is 17.4 Å². The quantitative estimate of drug-likeness (QED) is 0.743. The summed E-state index contributed by atoms with van der Waals surface area (Å²) in [7, 11) is 0. The third-order valence-electron chi connectivity index (χ3n) is 2.83. The number of hydrogen-bond acceptors (Lipinski definition) is 3. The van der Waals surface area contributed by atoms with Crippen LogP contribution in [0.3, 0.4) is 0 Å². The van der Waals surface area contributed by atoms with E-state index in [0.717, 1.165) is 6.42 Å². The van der Waals surface area contributed by atoms with Crippen LogP contribution in [0.4, 0.5) is 0 Å². The van der Waals surface area contributed by atoms with E-state index in [-0.39, 0.29) is 5.78 Å². The largest absolute Gasteiger partial charge is 0.492 e. The summed E-state index contributed by atoms with van der Waals surface area (Å²) < 4.78 is 5.34. The summed E-state index contributed by atoms with van der Waals surface area (Å²) in [5, 5.41) is 0. The minimum absolute atomic E-state index is 0.0953. The monoisotopic (exact) mass is 255 g/mol. The number of carbonyl (C=O) groups excluding carboxylic acids is 1. The van der Waals surface area contributed by atoms with Crippen molar-refractivity contribution >= 4 is 5.78 Å². The smallest absolute Gasteiger partial charge is 0.164 e. The lowest BCUT2D eigenvalue weighted by atomic mass is 10.0. The SMILES string of the molecule is CCOc1cncc(C(=O)CCc2ccccc2)c1. The first-order chi connectivity index (χ1) is 9.29. The number of benzene rings is 1. The van der Waals surface area contributed by atoms with Crippen molar-refractivity contribution in [3.63, 3.8) is 0 Å². The molecule has 0 radical (unpaired) electrons. The van der Waals surface area contributed by atoms with E-state index in [1.807, 2.05) is 37.3 Å². The number of aryl methyl sites for hydroxylation is 1. The molecule has 0 aliphatic carbocycles. The molecule has 1 aromatic heterocycles. The molecule has 0 N–H and O–H groups in total. The van der Waals surface area contributed by atoms with Gasteiger partial charge in [0.1, 0.15) is 5.75 Å². The summed E-state index contributed by atoms with van der Waals surface area (Å²) in [4.78, 5) is 16.1. The molecule has 0 spiro atoms. The topological polar surface area (TPSA) is 39.2 Å². The predicted molar refractivity (Wildman–Crippen MR) is 74.5 cm³/mol. The molecule has 3 heteroatoms. The molecule has 0 aliphatic heterocycles. The van der Waals surface area contributed by atoms with Crippen LogP contribution in [0, 0.1) is 0 Å². The third kappa shape index (κ3) is 3.91. The number of ether oxygens (including phenoxy) is 1. The molecule has 0 atom stereocenters. The van der Waals surface area contributed by atoms with Gasteiger partial charge >= 0.3 is 0 Å². The number of nitrogens with zero attached hydrogens (tertiary/aromatic N) is 1. The van der Waals surface area contributed by atoms with E-state index in [1.54, 1.807) is 18.5 Å². The van der Waals surface area contributed by atoms with Crippen LogP contribution in [0.5, 0.6) is 5.75 Å². The number of ketones is 1. The Hall–Kier alpha value is -2.16. The highest BCUT2D eigenvalue weighted by atomic mass is 16.5. The summed E-state index contributed by atoms with van der Waals surface area (Å²) in [5.41, 5.74) is 1.78. The normalized spacial score (nSPS) is 10.2. The highest BCUT2D eigenvalue weighted by molar-refractivity contribution is 5.96. The first kappa shape index (κ1) is 13.3. The predicted octanol–water partition coefficient (Wildman–Crippen LogP) is 3.30. The van der Waals surface area contributed by atoms with Crippen LogP contribution in [0.2, 0.25) is 0 Å². The Balaban J connectivity index is 1.98. The zero-order valence-electron chi connectivity index (χ0n) is 11.0. The zero-order chi connectivity index (χ0) is 13.5. The summed E-state index contributed by atoms with van der Waals surface area (Å²) in [6.45, 7) is 2.48. The van der Waals surface area contributed by atoms with Crippen molar-refractivity contribution in [1.82, 2.24) is 4.98 Å². The van der Waals surface area contributed by atoms with Crippen molar-refractivity contribution in [2.75, 3.05) is 6.61 Å². The number of rotatable bonds is 6. The molecule has 0 saturated heterocycles. The first-order valence-electron chi connectivity index (χ1n) is 6.44. The second kappa shape index (κ2) is 6.69. The van der Waals surface area contributed by atoms with Gasteiger partial charge in [-0.1, -0.05) is 30.3 Å². The Bertz CT molecular complexity index is 537. The van der Waals surface area contributed by atoms with Crippen LogP contribution in [-0.2, 0) is 6.42 Å². The van der Waals surface area contributed by atoms with Crippen molar-refractivity contribution in [2.45, 2.75) is 19.8 Å². The number of hydrogen-bond donors (Lipinski definition) is 0. The van der Waals surface area contributed by atoms with E-state index in [9.17, 15) is 4.79 Å². The van der Waals surface area contributed by atoms with Gasteiger partial charge in [-0.2, -0.15) is 0 Å². The zero-order valence-corrected chi connectivity index (χ0v) is 11.0. The average Bonchev–Trinajstić information content (AvgIpc) is 2.46. The van der Waals surface area contributed by atoms with Crippen molar-refractivity contribution in [3.8, 4) is 5.75 Å². The van der Waals surface area contributed by atoms with E-state index in [0.29, 0.717) is 24.3 Å². The number of pyridine rings is 1. The van der Waals surface area contributed by atoms with Crippen LogP contribution in [0.1, 0.15) is 29.3 Å². The van der Waals surface area contributed by atoms with E-state index < -0.39 is 0 Å². The van der Waals surface area contributed by atoms with Crippen molar-refractivity contribution in [2.24, 2.45) is 0 Å². The molecular formula is C16H17NO2. The molecule has 0 bridgehead atoms. The maximum atomic E-state index is 12.1. The van der Waals surface area contributed by atoms with Gasteiger partial charge in [0.05, 0.1) is 12.8 Å². The molecule has 2 rings (SSSR count). The Morgan fingerprint density at radius 3 is 2.74 bits per heavy atom. The lowest BCUT2D eigenvalue weighted by molar-refractivity contribution is 0.0982. The second-order valence-corrected chi connectivity index (χ2v) is 4.25. The number of aromatic nitrogens is 1. The van der Waals surface area contributed by atoms with Gasteiger partial charge in [-0.15, -0.1) is 0 Å². The van der Waals surface area contributed by atoms with Crippen molar-refractivity contribution < 1.29 is 9.53 Å². The fourth-order valence-electron chi connectivity index (χ4n) is 1.86. The molecule has 0 amide bonds. The van der Waals surface area contributed by atoms with Gasteiger partial charge in [0.15, 0.2) is 5.78 Å². The second-order valence-electron chi connectivity index (χ2n) is 4.25. The molecule has 0 fully saturated rings. The fraction of sp³-hybridized carbons (Fsp3) is 0.250. The highest BCUT2D eigenvalue weighted by Gasteiger charge is 2.08. The van der Waals surface area contributed by atoms with Crippen LogP contribution >= 0.6 is 0 Å². The maximum Gasteiger partial charge on any atom is 0.164 e. The van der Waals surface area contributed by atoms with Crippen LogP contribution < -0.4 is 4.74 Å². The first-order valence-corrected chi connectivity index (χ1v) is 6.44. The molecular weight excluding hydrogens is 238 g/mol. The molecule has 3 nitrogen and oxygen atoms in total. The third-order valence-corrected chi connectivity index (χ3v) is 2.83. The summed E-state index contributed by atoms with van der Waals surface area (Å²) >= 11 is 0. The molecule has 1 aromatic carbocycles. The van der Waals surface area contributed by atoms with E-state index in [4.69, 9.17) is 4.74 Å². The van der Waals surface area contributed by atoms with Crippen molar-refractivity contribution in [3.05, 3.63) is 59.9 Å². The van der Waals surface area contributed by atoms with Crippen LogP contribution in [0.25, 0.3) is 0 Å². The standard InChI is InChI=1S/C16H17NO2/c1-2-19-15-10-14(11-17-12-15)16(18)9-8-13-6-4-3-5-7-13/h3-7,10-12H,2,8-9H2,1H3. The fourth-order valence-corrected chi connectivity index (χ4v) is 1.86. The molecule has 19 heavy (non-hydrogen) atoms. The average molecular weight is 255 g/mol. The van der Waals surface area contributed by atoms with E-state index in [1.165, 1.54) is 5.56 Å².